The van der Waals surface area contributed by atoms with Gasteiger partial charge in [-0.25, -0.2) is 9.79 Å². The molecule has 2 aromatic rings. The fourth-order valence-electron chi connectivity index (χ4n) is 2.10. The second-order valence-corrected chi connectivity index (χ2v) is 4.41. The minimum Gasteiger partial charge on any atom is -0.478 e. The number of rotatable bonds is 2. The summed E-state index contributed by atoms with van der Waals surface area (Å²) in [5, 5.41) is 9.24. The molecule has 6 nitrogen and oxygen atoms in total. The molecule has 0 atom stereocenters. The number of carboxylic acids is 1. The van der Waals surface area contributed by atoms with Crippen LogP contribution in [0.5, 0.6) is 0 Å². The Hall–Kier alpha value is -3.15. The Balaban J connectivity index is 2.15. The molecule has 0 aliphatic carbocycles. The monoisotopic (exact) mass is 281 g/mol. The van der Waals surface area contributed by atoms with Crippen molar-refractivity contribution in [2.24, 2.45) is 4.99 Å². The topological polar surface area (TPSA) is 90.8 Å². The van der Waals surface area contributed by atoms with Crippen molar-refractivity contribution >= 4 is 23.4 Å². The average Bonchev–Trinajstić information content (AvgIpc) is 2.67. The van der Waals surface area contributed by atoms with E-state index in [1.807, 2.05) is 0 Å². The van der Waals surface area contributed by atoms with Crippen LogP contribution in [0.15, 0.2) is 53.5 Å². The third kappa shape index (κ3) is 2.34. The van der Waals surface area contributed by atoms with E-state index >= 15 is 0 Å². The molecule has 0 fully saturated rings. The Morgan fingerprint density at radius 1 is 0.952 bits per heavy atom. The van der Waals surface area contributed by atoms with Crippen molar-refractivity contribution in [1.29, 1.82) is 0 Å². The number of benzene rings is 2. The summed E-state index contributed by atoms with van der Waals surface area (Å²) >= 11 is 0. The van der Waals surface area contributed by atoms with Gasteiger partial charge in [-0.2, -0.15) is 0 Å². The Kier molecular flexibility index (Phi) is 3.12. The van der Waals surface area contributed by atoms with Crippen LogP contribution in [0.25, 0.3) is 0 Å². The number of carboxylic acid groups (broad SMARTS) is 1. The van der Waals surface area contributed by atoms with E-state index in [4.69, 9.17) is 0 Å². The number of nitrogens with zero attached hydrogens (tertiary/aromatic N) is 1. The zero-order chi connectivity index (χ0) is 14.8. The molecule has 0 saturated heterocycles. The van der Waals surface area contributed by atoms with Gasteiger partial charge >= 0.3 is 5.97 Å². The Bertz CT molecular complexity index is 768. The highest BCUT2D eigenvalue weighted by atomic mass is 16.4. The highest BCUT2D eigenvalue weighted by Crippen LogP contribution is 2.22. The number of aliphatic imine (C=N–C) groups is 1. The van der Waals surface area contributed by atoms with Crippen molar-refractivity contribution < 1.29 is 14.7 Å². The van der Waals surface area contributed by atoms with E-state index in [0.717, 1.165) is 0 Å². The Morgan fingerprint density at radius 3 is 2.38 bits per heavy atom. The maximum absolute atomic E-state index is 11.9. The van der Waals surface area contributed by atoms with Crippen LogP contribution in [0.2, 0.25) is 0 Å². The fourth-order valence-corrected chi connectivity index (χ4v) is 2.10. The number of aromatic carboxylic acids is 1. The third-order valence-corrected chi connectivity index (χ3v) is 3.09. The minimum atomic E-state index is -1.06. The molecule has 1 aliphatic rings. The summed E-state index contributed by atoms with van der Waals surface area (Å²) in [5.41, 5.74) is 6.60. The van der Waals surface area contributed by atoms with Gasteiger partial charge in [0.2, 0.25) is 0 Å². The predicted octanol–water partition coefficient (Wildman–Crippen LogP) is 1.71. The van der Waals surface area contributed by atoms with Crippen LogP contribution >= 0.6 is 0 Å². The highest BCUT2D eigenvalue weighted by molar-refractivity contribution is 6.11. The van der Waals surface area contributed by atoms with E-state index in [1.54, 1.807) is 42.5 Å². The van der Waals surface area contributed by atoms with E-state index < -0.39 is 5.97 Å². The van der Waals surface area contributed by atoms with E-state index in [2.05, 4.69) is 15.8 Å². The van der Waals surface area contributed by atoms with E-state index in [1.165, 1.54) is 6.07 Å². The molecule has 3 rings (SSSR count). The van der Waals surface area contributed by atoms with Crippen molar-refractivity contribution in [1.82, 2.24) is 10.9 Å². The SMILES string of the molecule is O=C1NNC(c2ccccc2C(=O)O)=Nc2ccccc21. The number of hydrazine groups is 1. The number of hydrogen-bond acceptors (Lipinski definition) is 4. The molecule has 1 aliphatic heterocycles. The van der Waals surface area contributed by atoms with Gasteiger partial charge < -0.3 is 5.11 Å². The Labute approximate surface area is 120 Å². The molecule has 0 spiro atoms. The molecule has 0 saturated carbocycles. The molecule has 1 heterocycles. The molecular formula is C15H11N3O3. The van der Waals surface area contributed by atoms with Crippen molar-refractivity contribution in [3.8, 4) is 0 Å². The Morgan fingerprint density at radius 2 is 1.62 bits per heavy atom. The molecule has 0 aromatic heterocycles. The van der Waals surface area contributed by atoms with Gasteiger partial charge in [0.1, 0.15) is 0 Å². The fraction of sp³-hybridized carbons (Fsp3) is 0. The van der Waals surface area contributed by atoms with Crippen LogP contribution in [0, 0.1) is 0 Å². The summed E-state index contributed by atoms with van der Waals surface area (Å²) in [4.78, 5) is 27.6. The van der Waals surface area contributed by atoms with Crippen molar-refractivity contribution in [3.05, 3.63) is 65.2 Å². The second kappa shape index (κ2) is 5.09. The van der Waals surface area contributed by atoms with Crippen LogP contribution in [-0.2, 0) is 0 Å². The first-order chi connectivity index (χ1) is 10.2. The molecule has 0 radical (unpaired) electrons. The van der Waals surface area contributed by atoms with Crippen LogP contribution in [0.1, 0.15) is 26.3 Å². The van der Waals surface area contributed by atoms with E-state index in [-0.39, 0.29) is 17.3 Å². The van der Waals surface area contributed by atoms with Gasteiger partial charge in [-0.15, -0.1) is 0 Å². The van der Waals surface area contributed by atoms with Gasteiger partial charge in [0.15, 0.2) is 5.84 Å². The maximum Gasteiger partial charge on any atom is 0.336 e. The lowest BCUT2D eigenvalue weighted by atomic mass is 10.1. The number of amides is 1. The molecule has 3 N–H and O–H groups in total. The first-order valence-corrected chi connectivity index (χ1v) is 6.23. The number of hydrogen-bond donors (Lipinski definition) is 3. The number of carbonyl (C=O) groups excluding carboxylic acids is 1. The number of fused-ring (bicyclic) bond motifs is 1. The lowest BCUT2D eigenvalue weighted by Crippen LogP contribution is -2.41. The first kappa shape index (κ1) is 12.9. The molecule has 1 amide bonds. The van der Waals surface area contributed by atoms with Gasteiger partial charge in [0, 0.05) is 5.56 Å². The number of amidine groups is 1. The summed E-state index contributed by atoms with van der Waals surface area (Å²) < 4.78 is 0. The average molecular weight is 281 g/mol. The summed E-state index contributed by atoms with van der Waals surface area (Å²) in [6.45, 7) is 0. The van der Waals surface area contributed by atoms with Crippen molar-refractivity contribution in [2.75, 3.05) is 0 Å². The van der Waals surface area contributed by atoms with Crippen LogP contribution in [0.4, 0.5) is 5.69 Å². The van der Waals surface area contributed by atoms with E-state index in [0.29, 0.717) is 16.8 Å². The minimum absolute atomic E-state index is 0.109. The third-order valence-electron chi connectivity index (χ3n) is 3.09. The maximum atomic E-state index is 11.9. The largest absolute Gasteiger partial charge is 0.478 e. The molecule has 6 heteroatoms. The van der Waals surface area contributed by atoms with Gasteiger partial charge in [-0.1, -0.05) is 30.3 Å². The summed E-state index contributed by atoms with van der Waals surface area (Å²) in [7, 11) is 0. The smallest absolute Gasteiger partial charge is 0.336 e. The molecule has 0 unspecified atom stereocenters. The lowest BCUT2D eigenvalue weighted by molar-refractivity contribution is 0.0696. The van der Waals surface area contributed by atoms with Crippen molar-refractivity contribution in [3.63, 3.8) is 0 Å². The first-order valence-electron chi connectivity index (χ1n) is 6.23. The normalized spacial score (nSPS) is 13.3. The van der Waals surface area contributed by atoms with Crippen LogP contribution in [0.3, 0.4) is 0 Å². The standard InChI is InChI=1S/C15H11N3O3/c19-14-11-7-3-4-8-12(11)16-13(17-18-14)9-5-1-2-6-10(9)15(20)21/h1-8H,(H,16,17)(H,18,19)(H,20,21). The lowest BCUT2D eigenvalue weighted by Gasteiger charge is -2.10. The summed E-state index contributed by atoms with van der Waals surface area (Å²) in [6, 6.07) is 13.3. The number of para-hydroxylation sites is 1. The molecule has 0 bridgehead atoms. The highest BCUT2D eigenvalue weighted by Gasteiger charge is 2.20. The molecule has 21 heavy (non-hydrogen) atoms. The van der Waals surface area contributed by atoms with E-state index in [9.17, 15) is 14.7 Å². The van der Waals surface area contributed by atoms with Gasteiger partial charge in [0.05, 0.1) is 16.8 Å². The van der Waals surface area contributed by atoms with Crippen LogP contribution < -0.4 is 10.9 Å². The number of carbonyl (C=O) groups is 2. The van der Waals surface area contributed by atoms with Gasteiger partial charge in [-0.05, 0) is 18.2 Å². The second-order valence-electron chi connectivity index (χ2n) is 4.41. The molecule has 2 aromatic carbocycles. The zero-order valence-corrected chi connectivity index (χ0v) is 10.8. The van der Waals surface area contributed by atoms with Gasteiger partial charge in [-0.3, -0.25) is 15.6 Å². The van der Waals surface area contributed by atoms with Crippen molar-refractivity contribution in [2.45, 2.75) is 0 Å². The van der Waals surface area contributed by atoms with Gasteiger partial charge in [0.25, 0.3) is 5.91 Å². The molecule has 104 valence electrons. The van der Waals surface area contributed by atoms with Crippen LogP contribution in [-0.4, -0.2) is 22.8 Å². The zero-order valence-electron chi connectivity index (χ0n) is 10.8. The molecular weight excluding hydrogens is 270 g/mol. The quantitative estimate of drug-likeness (QED) is 0.781. The predicted molar refractivity (Wildman–Crippen MR) is 76.6 cm³/mol. The number of nitrogens with one attached hydrogen (secondary N) is 2. The summed E-state index contributed by atoms with van der Waals surface area (Å²) in [5.74, 6) is -1.09. The summed E-state index contributed by atoms with van der Waals surface area (Å²) in [6.07, 6.45) is 0.